The van der Waals surface area contributed by atoms with Crippen molar-refractivity contribution in [3.05, 3.63) is 29.8 Å². The largest absolute Gasteiger partial charge is 0.380 e. The van der Waals surface area contributed by atoms with E-state index in [-0.39, 0.29) is 0 Å². The second kappa shape index (κ2) is 12.1. The van der Waals surface area contributed by atoms with E-state index >= 15 is 0 Å². The van der Waals surface area contributed by atoms with Gasteiger partial charge in [0, 0.05) is 39.8 Å². The Balaban J connectivity index is 1.83. The maximum absolute atomic E-state index is 12.9. The molecule has 1 aromatic carbocycles. The summed E-state index contributed by atoms with van der Waals surface area (Å²) in [6, 6.07) is 7.14. The van der Waals surface area contributed by atoms with Crippen LogP contribution in [0, 0.1) is 5.92 Å². The van der Waals surface area contributed by atoms with Gasteiger partial charge in [-0.25, -0.2) is 8.42 Å². The van der Waals surface area contributed by atoms with Crippen LogP contribution in [-0.4, -0.2) is 58.6 Å². The van der Waals surface area contributed by atoms with Crippen LogP contribution in [0.1, 0.15) is 45.1 Å². The van der Waals surface area contributed by atoms with Crippen molar-refractivity contribution in [2.45, 2.75) is 51.0 Å². The molecular weight excluding hydrogens is 388 g/mol. The molecule has 1 saturated heterocycles. The van der Waals surface area contributed by atoms with Gasteiger partial charge in [0.05, 0.1) is 11.5 Å². The molecule has 8 heteroatoms. The first-order chi connectivity index (χ1) is 13.9. The second-order valence-corrected chi connectivity index (χ2v) is 9.70. The molecule has 164 valence electrons. The van der Waals surface area contributed by atoms with Crippen LogP contribution in [0.25, 0.3) is 0 Å². The first kappa shape index (κ1) is 23.6. The summed E-state index contributed by atoms with van der Waals surface area (Å²) < 4.78 is 32.9. The fourth-order valence-corrected chi connectivity index (χ4v) is 4.73. The molecule has 0 saturated carbocycles. The number of guanidine groups is 1. The van der Waals surface area contributed by atoms with E-state index in [9.17, 15) is 8.42 Å². The standard InChI is InChI=1S/C21H36N4O3S/c1-18(2)10-14-28-15-11-23-21(22-3)24-17-19-8-7-9-20(16-19)29(26,27)25-12-5-4-6-13-25/h7-9,16,18H,4-6,10-15,17H2,1-3H3,(H2,22,23,24). The summed E-state index contributed by atoms with van der Waals surface area (Å²) in [6.07, 6.45) is 4.03. The minimum absolute atomic E-state index is 0.361. The van der Waals surface area contributed by atoms with Crippen molar-refractivity contribution in [1.29, 1.82) is 0 Å². The molecule has 1 aliphatic rings. The molecule has 1 aromatic rings. The number of benzene rings is 1. The third-order valence-electron chi connectivity index (χ3n) is 4.91. The molecule has 0 aromatic heterocycles. The number of nitrogens with zero attached hydrogens (tertiary/aromatic N) is 2. The Morgan fingerprint density at radius 1 is 1.17 bits per heavy atom. The molecule has 2 rings (SSSR count). The van der Waals surface area contributed by atoms with Gasteiger partial charge in [0.1, 0.15) is 0 Å². The summed E-state index contributed by atoms with van der Waals surface area (Å²) in [7, 11) is -1.70. The van der Waals surface area contributed by atoms with Crippen LogP contribution in [0.4, 0.5) is 0 Å². The van der Waals surface area contributed by atoms with Crippen molar-refractivity contribution in [2.75, 3.05) is 39.9 Å². The van der Waals surface area contributed by atoms with E-state index in [2.05, 4.69) is 29.5 Å². The van der Waals surface area contributed by atoms with Crippen molar-refractivity contribution in [2.24, 2.45) is 10.9 Å². The summed E-state index contributed by atoms with van der Waals surface area (Å²) in [5.74, 6) is 1.31. The van der Waals surface area contributed by atoms with Crippen LogP contribution in [0.2, 0.25) is 0 Å². The molecule has 1 aliphatic heterocycles. The summed E-state index contributed by atoms with van der Waals surface area (Å²) in [6.45, 7) is 8.14. The highest BCUT2D eigenvalue weighted by Crippen LogP contribution is 2.21. The number of rotatable bonds is 10. The number of sulfonamides is 1. The lowest BCUT2D eigenvalue weighted by molar-refractivity contribution is 0.128. The van der Waals surface area contributed by atoms with Crippen LogP contribution in [-0.2, 0) is 21.3 Å². The molecule has 1 fully saturated rings. The Morgan fingerprint density at radius 3 is 2.62 bits per heavy atom. The van der Waals surface area contributed by atoms with Crippen LogP contribution in [0.5, 0.6) is 0 Å². The summed E-state index contributed by atoms with van der Waals surface area (Å²) in [4.78, 5) is 4.57. The Bertz CT molecular complexity index is 744. The highest BCUT2D eigenvalue weighted by atomic mass is 32.2. The number of piperidine rings is 1. The molecule has 0 spiro atoms. The van der Waals surface area contributed by atoms with Crippen molar-refractivity contribution >= 4 is 16.0 Å². The molecule has 0 aliphatic carbocycles. The first-order valence-electron chi connectivity index (χ1n) is 10.5. The van der Waals surface area contributed by atoms with Gasteiger partial charge in [0.2, 0.25) is 10.0 Å². The van der Waals surface area contributed by atoms with Crippen molar-refractivity contribution in [3.63, 3.8) is 0 Å². The molecule has 0 bridgehead atoms. The van der Waals surface area contributed by atoms with Gasteiger partial charge in [0.15, 0.2) is 5.96 Å². The predicted molar refractivity (Wildman–Crippen MR) is 118 cm³/mol. The molecule has 0 atom stereocenters. The zero-order valence-electron chi connectivity index (χ0n) is 18.0. The molecule has 0 radical (unpaired) electrons. The van der Waals surface area contributed by atoms with Crippen LogP contribution >= 0.6 is 0 Å². The quantitative estimate of drug-likeness (QED) is 0.343. The van der Waals surface area contributed by atoms with E-state index < -0.39 is 10.0 Å². The number of ether oxygens (including phenoxy) is 1. The van der Waals surface area contributed by atoms with Crippen molar-refractivity contribution in [3.8, 4) is 0 Å². The van der Waals surface area contributed by atoms with Crippen molar-refractivity contribution < 1.29 is 13.2 Å². The number of hydrogen-bond acceptors (Lipinski definition) is 4. The lowest BCUT2D eigenvalue weighted by Crippen LogP contribution is -2.38. The van der Waals surface area contributed by atoms with E-state index in [4.69, 9.17) is 4.74 Å². The monoisotopic (exact) mass is 424 g/mol. The van der Waals surface area contributed by atoms with E-state index in [0.717, 1.165) is 37.9 Å². The predicted octanol–water partition coefficient (Wildman–Crippen LogP) is 2.59. The molecule has 29 heavy (non-hydrogen) atoms. The van der Waals surface area contributed by atoms with E-state index in [1.54, 1.807) is 29.6 Å². The minimum atomic E-state index is -3.41. The van der Waals surface area contributed by atoms with Gasteiger partial charge in [-0.15, -0.1) is 0 Å². The van der Waals surface area contributed by atoms with Gasteiger partial charge in [0.25, 0.3) is 0 Å². The van der Waals surface area contributed by atoms with Crippen LogP contribution in [0.3, 0.4) is 0 Å². The summed E-state index contributed by atoms with van der Waals surface area (Å²) >= 11 is 0. The third-order valence-corrected chi connectivity index (χ3v) is 6.81. The number of hydrogen-bond donors (Lipinski definition) is 2. The first-order valence-corrected chi connectivity index (χ1v) is 12.0. The van der Waals surface area contributed by atoms with E-state index in [0.29, 0.717) is 49.6 Å². The van der Waals surface area contributed by atoms with Gasteiger partial charge >= 0.3 is 0 Å². The Hall–Kier alpha value is -1.64. The zero-order chi connectivity index (χ0) is 21.1. The highest BCUT2D eigenvalue weighted by Gasteiger charge is 2.25. The van der Waals surface area contributed by atoms with Gasteiger partial charge in [-0.05, 0) is 42.9 Å². The molecule has 0 unspecified atom stereocenters. The molecule has 1 heterocycles. The topological polar surface area (TPSA) is 83.0 Å². The van der Waals surface area contributed by atoms with Gasteiger partial charge < -0.3 is 15.4 Å². The Labute approximate surface area is 176 Å². The van der Waals surface area contributed by atoms with Gasteiger partial charge in [-0.1, -0.05) is 32.4 Å². The van der Waals surface area contributed by atoms with E-state index in [1.807, 2.05) is 6.07 Å². The fourth-order valence-electron chi connectivity index (χ4n) is 3.14. The van der Waals surface area contributed by atoms with Crippen LogP contribution in [0.15, 0.2) is 34.2 Å². The lowest BCUT2D eigenvalue weighted by atomic mass is 10.1. The summed E-state index contributed by atoms with van der Waals surface area (Å²) in [5.41, 5.74) is 0.902. The maximum atomic E-state index is 12.9. The normalized spacial score (nSPS) is 16.2. The molecule has 2 N–H and O–H groups in total. The molecule has 7 nitrogen and oxygen atoms in total. The lowest BCUT2D eigenvalue weighted by Gasteiger charge is -2.26. The number of aliphatic imine (C=N–C) groups is 1. The third kappa shape index (κ3) is 7.95. The highest BCUT2D eigenvalue weighted by molar-refractivity contribution is 7.89. The molecular formula is C21H36N4O3S. The second-order valence-electron chi connectivity index (χ2n) is 7.76. The van der Waals surface area contributed by atoms with Gasteiger partial charge in [-0.3, -0.25) is 4.99 Å². The average molecular weight is 425 g/mol. The maximum Gasteiger partial charge on any atom is 0.243 e. The van der Waals surface area contributed by atoms with Crippen molar-refractivity contribution in [1.82, 2.24) is 14.9 Å². The Kier molecular flexibility index (Phi) is 9.90. The van der Waals surface area contributed by atoms with Gasteiger partial charge in [-0.2, -0.15) is 4.31 Å². The number of nitrogens with one attached hydrogen (secondary N) is 2. The zero-order valence-corrected chi connectivity index (χ0v) is 18.8. The summed E-state index contributed by atoms with van der Waals surface area (Å²) in [5, 5.41) is 6.44. The minimum Gasteiger partial charge on any atom is -0.380 e. The SMILES string of the molecule is CN=C(NCCOCCC(C)C)NCc1cccc(S(=O)(=O)N2CCCCC2)c1. The van der Waals surface area contributed by atoms with Crippen LogP contribution < -0.4 is 10.6 Å². The fraction of sp³-hybridized carbons (Fsp3) is 0.667. The molecule has 0 amide bonds. The smallest absolute Gasteiger partial charge is 0.243 e. The Morgan fingerprint density at radius 2 is 1.93 bits per heavy atom. The average Bonchev–Trinajstić information content (AvgIpc) is 2.73. The van der Waals surface area contributed by atoms with E-state index in [1.165, 1.54) is 0 Å².